The molecule has 18 heteroatoms. The fourth-order valence-electron chi connectivity index (χ4n) is 5.91. The summed E-state index contributed by atoms with van der Waals surface area (Å²) in [6.45, 7) is 3.43. The van der Waals surface area contributed by atoms with Crippen molar-refractivity contribution in [3.8, 4) is 0 Å². The zero-order valence-corrected chi connectivity index (χ0v) is 33.4. The van der Waals surface area contributed by atoms with E-state index in [-0.39, 0.29) is 73.9 Å². The number of Topliss-reactive ketones (excluding diaryl/α,β-unsaturated/α-hetero) is 1. The Hall–Kier alpha value is -6.20. The van der Waals surface area contributed by atoms with Gasteiger partial charge in [-0.1, -0.05) is 50.1 Å². The van der Waals surface area contributed by atoms with Gasteiger partial charge >= 0.3 is 12.1 Å². The van der Waals surface area contributed by atoms with Crippen LogP contribution >= 0.6 is 0 Å². The van der Waals surface area contributed by atoms with Crippen molar-refractivity contribution in [1.29, 1.82) is 0 Å². The highest BCUT2D eigenvalue weighted by atomic mass is 19.3. The summed E-state index contributed by atoms with van der Waals surface area (Å²) >= 11 is 0. The molecule has 16 nitrogen and oxygen atoms in total. The molecule has 0 aliphatic carbocycles. The van der Waals surface area contributed by atoms with Crippen LogP contribution in [0.4, 0.5) is 24.1 Å². The van der Waals surface area contributed by atoms with Crippen molar-refractivity contribution >= 4 is 53.1 Å². The number of hydrogen-bond donors (Lipinski definition) is 6. The molecule has 1 aliphatic rings. The maximum absolute atomic E-state index is 14.3. The number of alkyl carbamates (subject to hydrolysis) is 1. The van der Waals surface area contributed by atoms with Gasteiger partial charge in [0.05, 0.1) is 19.1 Å². The first-order chi connectivity index (χ1) is 27.9. The Morgan fingerprint density at radius 2 is 1.47 bits per heavy atom. The van der Waals surface area contributed by atoms with Gasteiger partial charge in [0.25, 0.3) is 23.6 Å². The molecular weight excluding hydrogens is 772 g/mol. The van der Waals surface area contributed by atoms with Crippen LogP contribution in [0.3, 0.4) is 0 Å². The van der Waals surface area contributed by atoms with Crippen molar-refractivity contribution in [2.45, 2.75) is 84.3 Å². The van der Waals surface area contributed by atoms with E-state index in [0.717, 1.165) is 10.5 Å². The van der Waals surface area contributed by atoms with Gasteiger partial charge in [-0.25, -0.2) is 18.4 Å². The number of benzene rings is 2. The van der Waals surface area contributed by atoms with Crippen molar-refractivity contribution in [3.63, 3.8) is 0 Å². The number of ketones is 1. The molecule has 0 aromatic heterocycles. The predicted molar refractivity (Wildman–Crippen MR) is 213 cm³/mol. The second-order valence-electron chi connectivity index (χ2n) is 14.6. The number of ether oxygens (including phenoxy) is 1. The van der Waals surface area contributed by atoms with E-state index in [4.69, 9.17) is 10.5 Å². The number of urea groups is 1. The van der Waals surface area contributed by atoms with E-state index in [9.17, 15) is 47.1 Å². The summed E-state index contributed by atoms with van der Waals surface area (Å²) in [5.74, 6) is -7.20. The average molecular weight is 826 g/mol. The van der Waals surface area contributed by atoms with Crippen LogP contribution in [0.2, 0.25) is 0 Å². The first kappa shape index (κ1) is 47.2. The lowest BCUT2D eigenvalue weighted by atomic mass is 9.89. The van der Waals surface area contributed by atoms with Crippen molar-refractivity contribution in [3.05, 3.63) is 77.4 Å². The van der Waals surface area contributed by atoms with E-state index in [1.807, 2.05) is 12.2 Å². The van der Waals surface area contributed by atoms with E-state index in [1.54, 1.807) is 38.1 Å². The molecule has 320 valence electrons. The summed E-state index contributed by atoms with van der Waals surface area (Å²) in [4.78, 5) is 99.8. The number of rotatable bonds is 24. The van der Waals surface area contributed by atoms with Gasteiger partial charge in [-0.3, -0.25) is 33.7 Å². The van der Waals surface area contributed by atoms with E-state index in [0.29, 0.717) is 36.9 Å². The third-order valence-corrected chi connectivity index (χ3v) is 9.27. The summed E-state index contributed by atoms with van der Waals surface area (Å²) in [5.41, 5.74) is 7.12. The maximum Gasteiger partial charge on any atom is 0.407 e. The Balaban J connectivity index is 1.48. The normalized spacial score (nSPS) is 13.4. The molecule has 2 unspecified atom stereocenters. The number of carbonyl (C=O) groups excluding carboxylic acids is 8. The summed E-state index contributed by atoms with van der Waals surface area (Å²) in [5, 5.41) is 12.1. The number of amides is 8. The predicted octanol–water partition coefficient (Wildman–Crippen LogP) is 3.88. The Labute approximate surface area is 341 Å². The van der Waals surface area contributed by atoms with Gasteiger partial charge in [-0.05, 0) is 68.4 Å². The van der Waals surface area contributed by atoms with Crippen molar-refractivity contribution in [2.24, 2.45) is 17.6 Å². The van der Waals surface area contributed by atoms with Crippen molar-refractivity contribution in [1.82, 2.24) is 26.2 Å². The van der Waals surface area contributed by atoms with Gasteiger partial charge in [0.15, 0.2) is 5.78 Å². The molecule has 2 aromatic rings. The standard InChI is InChI=1S/C41H53F2N7O9/c1-26(2)36(49-33(52)9-5-4-6-21-50-34(53)18-19-35(50)54)32(51)22-30(8-7-20-45-39(44)57)38(56)48-31-16-12-28(13-17-31)23-59-40(58)47-25-41(42,43)24-46-37(55)29-14-10-27(3)11-15-29/h10-19,26,30,36H,4-9,20-25H2,1-3H3,(H,46,55)(H,47,58)(H,48,56)(H,49,52)(H3,44,45,57). The minimum Gasteiger partial charge on any atom is -0.445 e. The molecular formula is C41H53F2N7O9. The molecule has 0 fully saturated rings. The third kappa shape index (κ3) is 17.1. The second kappa shape index (κ2) is 23.3. The monoisotopic (exact) mass is 825 g/mol. The number of anilines is 1. The van der Waals surface area contributed by atoms with Gasteiger partial charge in [0.1, 0.15) is 6.61 Å². The van der Waals surface area contributed by atoms with Gasteiger partial charge in [0.2, 0.25) is 11.8 Å². The van der Waals surface area contributed by atoms with Crippen LogP contribution in [-0.2, 0) is 35.3 Å². The van der Waals surface area contributed by atoms with Crippen LogP contribution in [0.1, 0.15) is 80.3 Å². The largest absolute Gasteiger partial charge is 0.445 e. The summed E-state index contributed by atoms with van der Waals surface area (Å²) in [6, 6.07) is 10.9. The average Bonchev–Trinajstić information content (AvgIpc) is 3.51. The van der Waals surface area contributed by atoms with Crippen LogP contribution in [0.5, 0.6) is 0 Å². The van der Waals surface area contributed by atoms with Crippen LogP contribution in [0.15, 0.2) is 60.7 Å². The molecule has 8 amide bonds. The van der Waals surface area contributed by atoms with Gasteiger partial charge in [-0.2, -0.15) is 0 Å². The minimum atomic E-state index is -3.45. The lowest BCUT2D eigenvalue weighted by molar-refractivity contribution is -0.137. The molecule has 0 bridgehead atoms. The number of carbonyl (C=O) groups is 8. The Bertz CT molecular complexity index is 1820. The quantitative estimate of drug-likeness (QED) is 0.0665. The fraction of sp³-hybridized carbons (Fsp3) is 0.463. The third-order valence-electron chi connectivity index (χ3n) is 9.27. The number of unbranched alkanes of at least 4 members (excludes halogenated alkanes) is 2. The van der Waals surface area contributed by atoms with Gasteiger partial charge < -0.3 is 37.1 Å². The smallest absolute Gasteiger partial charge is 0.407 e. The lowest BCUT2D eigenvalue weighted by Gasteiger charge is -2.24. The zero-order valence-electron chi connectivity index (χ0n) is 33.4. The molecule has 0 saturated heterocycles. The van der Waals surface area contributed by atoms with Crippen LogP contribution in [0.25, 0.3) is 0 Å². The number of nitrogens with zero attached hydrogens (tertiary/aromatic N) is 1. The number of hydrogen-bond acceptors (Lipinski definition) is 9. The number of halogens is 2. The van der Waals surface area contributed by atoms with Crippen LogP contribution in [0, 0.1) is 18.8 Å². The number of alkyl halides is 2. The van der Waals surface area contributed by atoms with E-state index < -0.39 is 54.9 Å². The van der Waals surface area contributed by atoms with Gasteiger partial charge in [0, 0.05) is 55.3 Å². The number of nitrogens with one attached hydrogen (secondary N) is 5. The molecule has 1 heterocycles. The van der Waals surface area contributed by atoms with Crippen molar-refractivity contribution < 1.29 is 51.9 Å². The number of imide groups is 1. The van der Waals surface area contributed by atoms with Crippen molar-refractivity contribution in [2.75, 3.05) is 31.5 Å². The van der Waals surface area contributed by atoms with Crippen LogP contribution in [-0.4, -0.2) is 90.5 Å². The minimum absolute atomic E-state index is 0.122. The van der Waals surface area contributed by atoms with Gasteiger partial charge in [-0.15, -0.1) is 0 Å². The number of aryl methyl sites for hydroxylation is 1. The maximum atomic E-state index is 14.3. The highest BCUT2D eigenvalue weighted by molar-refractivity contribution is 6.12. The fourth-order valence-corrected chi connectivity index (χ4v) is 5.91. The first-order valence-electron chi connectivity index (χ1n) is 19.4. The van der Waals surface area contributed by atoms with Crippen LogP contribution < -0.4 is 32.3 Å². The second-order valence-corrected chi connectivity index (χ2v) is 14.6. The highest BCUT2D eigenvalue weighted by Gasteiger charge is 2.31. The highest BCUT2D eigenvalue weighted by Crippen LogP contribution is 2.20. The SMILES string of the molecule is Cc1ccc(C(=O)NCC(F)(F)CNC(=O)OCc2ccc(NC(=O)C(CCCNC(N)=O)CC(=O)C(NC(=O)CCCCCN3C(=O)C=CC3=O)C(C)C)cc2)cc1. The molecule has 0 radical (unpaired) electrons. The molecule has 2 aromatic carbocycles. The summed E-state index contributed by atoms with van der Waals surface area (Å²) < 4.78 is 33.7. The number of primary amides is 1. The molecule has 2 atom stereocenters. The molecule has 0 spiro atoms. The molecule has 59 heavy (non-hydrogen) atoms. The summed E-state index contributed by atoms with van der Waals surface area (Å²) in [7, 11) is 0. The molecule has 1 aliphatic heterocycles. The van der Waals surface area contributed by atoms with E-state index in [2.05, 4.69) is 21.3 Å². The lowest BCUT2D eigenvalue weighted by Crippen LogP contribution is -2.45. The molecule has 3 rings (SSSR count). The summed E-state index contributed by atoms with van der Waals surface area (Å²) in [6.07, 6.45) is 3.33. The zero-order chi connectivity index (χ0) is 43.5. The topological polar surface area (TPSA) is 235 Å². The Morgan fingerprint density at radius 1 is 0.831 bits per heavy atom. The first-order valence-corrected chi connectivity index (χ1v) is 19.4. The number of nitrogens with two attached hydrogens (primary N) is 1. The van der Waals surface area contributed by atoms with E-state index in [1.165, 1.54) is 36.4 Å². The molecule has 0 saturated carbocycles. The molecule has 7 N–H and O–H groups in total. The van der Waals surface area contributed by atoms with E-state index >= 15 is 0 Å². The Kier molecular flexibility index (Phi) is 18.6. The Morgan fingerprint density at radius 3 is 2.10 bits per heavy atom.